The number of hydrogen-bond acceptors (Lipinski definition) is 3. The molecule has 1 heterocycles. The van der Waals surface area contributed by atoms with E-state index in [4.69, 9.17) is 34.8 Å². The number of aromatic amines is 1. The highest BCUT2D eigenvalue weighted by atomic mass is 35.5. The fourth-order valence-electron chi connectivity index (χ4n) is 2.08. The van der Waals surface area contributed by atoms with Gasteiger partial charge in [-0.3, -0.25) is 9.89 Å². The summed E-state index contributed by atoms with van der Waals surface area (Å²) in [7, 11) is 0. The van der Waals surface area contributed by atoms with Crippen LogP contribution in [-0.2, 0) is 0 Å². The molecule has 0 saturated heterocycles. The molecule has 5 nitrogen and oxygen atoms in total. The molecule has 1 N–H and O–H groups in total. The fraction of sp³-hybridized carbons (Fsp3) is 0.0625. The van der Waals surface area contributed by atoms with E-state index in [-0.39, 0.29) is 11.2 Å². The van der Waals surface area contributed by atoms with Crippen LogP contribution in [0, 0.1) is 6.92 Å². The molecule has 1 aromatic heterocycles. The zero-order valence-corrected chi connectivity index (χ0v) is 14.7. The summed E-state index contributed by atoms with van der Waals surface area (Å²) in [6.07, 6.45) is 0. The van der Waals surface area contributed by atoms with Gasteiger partial charge in [0.2, 0.25) is 0 Å². The molecule has 0 fully saturated rings. The van der Waals surface area contributed by atoms with Crippen LogP contribution in [0.25, 0.3) is 5.69 Å². The lowest BCUT2D eigenvalue weighted by Crippen LogP contribution is -2.13. The molecule has 0 unspecified atom stereocenters. The first-order valence-corrected chi connectivity index (χ1v) is 8.03. The Morgan fingerprint density at radius 2 is 1.67 bits per heavy atom. The van der Waals surface area contributed by atoms with E-state index < -0.39 is 0 Å². The average molecular weight is 382 g/mol. The highest BCUT2D eigenvalue weighted by Crippen LogP contribution is 2.27. The summed E-state index contributed by atoms with van der Waals surface area (Å²) in [6.45, 7) is 1.75. The zero-order valence-electron chi connectivity index (χ0n) is 12.4. The Morgan fingerprint density at radius 3 is 2.33 bits per heavy atom. The van der Waals surface area contributed by atoms with Crippen molar-refractivity contribution in [1.82, 2.24) is 9.78 Å². The van der Waals surface area contributed by atoms with Crippen molar-refractivity contribution in [2.75, 3.05) is 0 Å². The second-order valence-corrected chi connectivity index (χ2v) is 6.25. The summed E-state index contributed by atoms with van der Waals surface area (Å²) in [5.41, 5.74) is 1.67. The lowest BCUT2D eigenvalue weighted by atomic mass is 10.3. The first kappa shape index (κ1) is 16.8. The Hall–Kier alpha value is -2.08. The summed E-state index contributed by atoms with van der Waals surface area (Å²) in [5, 5.41) is 12.5. The minimum atomic E-state index is -0.307. The maximum Gasteiger partial charge on any atom is 0.299 e. The predicted octanol–water partition coefficient (Wildman–Crippen LogP) is 5.85. The van der Waals surface area contributed by atoms with Crippen molar-refractivity contribution < 1.29 is 0 Å². The molecule has 0 spiro atoms. The fourth-order valence-corrected chi connectivity index (χ4v) is 2.50. The molecule has 3 aromatic rings. The van der Waals surface area contributed by atoms with Crippen LogP contribution < -0.4 is 5.56 Å². The van der Waals surface area contributed by atoms with Crippen LogP contribution in [0.15, 0.2) is 57.5 Å². The van der Waals surface area contributed by atoms with Gasteiger partial charge in [-0.2, -0.15) is 5.11 Å². The number of H-pyrrole nitrogens is 1. The molecule has 0 saturated carbocycles. The van der Waals surface area contributed by atoms with Crippen LogP contribution in [0.1, 0.15) is 5.69 Å². The van der Waals surface area contributed by atoms with E-state index in [1.807, 2.05) is 0 Å². The quantitative estimate of drug-likeness (QED) is 0.568. The third-order valence-electron chi connectivity index (χ3n) is 3.29. The van der Waals surface area contributed by atoms with Gasteiger partial charge in [-0.15, -0.1) is 5.11 Å². The number of rotatable bonds is 3. The van der Waals surface area contributed by atoms with Gasteiger partial charge in [0.1, 0.15) is 0 Å². The molecule has 0 aliphatic rings. The van der Waals surface area contributed by atoms with Crippen LogP contribution in [0.2, 0.25) is 15.1 Å². The van der Waals surface area contributed by atoms with Crippen molar-refractivity contribution in [3.8, 4) is 5.69 Å². The predicted molar refractivity (Wildman–Crippen MR) is 96.8 cm³/mol. The van der Waals surface area contributed by atoms with Crippen molar-refractivity contribution in [2.24, 2.45) is 10.2 Å². The second kappa shape index (κ2) is 6.81. The minimum absolute atomic E-state index is 0.219. The Labute approximate surface area is 152 Å². The van der Waals surface area contributed by atoms with E-state index in [1.54, 1.807) is 49.4 Å². The van der Waals surface area contributed by atoms with Crippen molar-refractivity contribution in [2.45, 2.75) is 6.92 Å². The van der Waals surface area contributed by atoms with Crippen molar-refractivity contribution in [1.29, 1.82) is 0 Å². The van der Waals surface area contributed by atoms with Gasteiger partial charge in [0.15, 0.2) is 5.69 Å². The second-order valence-electron chi connectivity index (χ2n) is 5.00. The number of halogens is 3. The summed E-state index contributed by atoms with van der Waals surface area (Å²) in [4.78, 5) is 12.5. The van der Waals surface area contributed by atoms with Crippen LogP contribution >= 0.6 is 34.8 Å². The maximum atomic E-state index is 12.5. The lowest BCUT2D eigenvalue weighted by Gasteiger charge is -2.00. The summed E-state index contributed by atoms with van der Waals surface area (Å²) in [6, 6.07) is 11.7. The van der Waals surface area contributed by atoms with Crippen molar-refractivity contribution in [3.05, 3.63) is 73.6 Å². The van der Waals surface area contributed by atoms with Gasteiger partial charge in [-0.25, -0.2) is 4.68 Å². The van der Waals surface area contributed by atoms with Crippen molar-refractivity contribution in [3.63, 3.8) is 0 Å². The molecule has 0 bridgehead atoms. The van der Waals surface area contributed by atoms with Gasteiger partial charge >= 0.3 is 0 Å². The Morgan fingerprint density at radius 1 is 0.958 bits per heavy atom. The minimum Gasteiger partial charge on any atom is -0.293 e. The van der Waals surface area contributed by atoms with E-state index >= 15 is 0 Å². The van der Waals surface area contributed by atoms with E-state index in [1.165, 1.54) is 4.68 Å². The molecule has 2 aromatic carbocycles. The number of benzene rings is 2. The third-order valence-corrected chi connectivity index (χ3v) is 4.28. The van der Waals surface area contributed by atoms with E-state index in [0.717, 1.165) is 0 Å². The summed E-state index contributed by atoms with van der Waals surface area (Å²) >= 11 is 17.7. The van der Waals surface area contributed by atoms with Crippen molar-refractivity contribution >= 4 is 46.2 Å². The number of aryl methyl sites for hydroxylation is 1. The Balaban J connectivity index is 1.97. The van der Waals surface area contributed by atoms with Crippen LogP contribution in [-0.4, -0.2) is 9.78 Å². The molecule has 3 rings (SSSR count). The number of nitrogens with one attached hydrogen (secondary N) is 1. The number of aromatic nitrogens is 2. The van der Waals surface area contributed by atoms with Gasteiger partial charge < -0.3 is 0 Å². The normalized spacial score (nSPS) is 11.3. The highest BCUT2D eigenvalue weighted by molar-refractivity contribution is 6.42. The van der Waals surface area contributed by atoms with Gasteiger partial charge in [-0.1, -0.05) is 34.8 Å². The molecule has 24 heavy (non-hydrogen) atoms. The van der Waals surface area contributed by atoms with E-state index in [2.05, 4.69) is 15.3 Å². The first-order chi connectivity index (χ1) is 11.5. The SMILES string of the molecule is Cc1[nH]n(-c2ccc(Cl)cc2)c(=O)c1N=Nc1ccc(Cl)c(Cl)c1. The van der Waals surface area contributed by atoms with E-state index in [9.17, 15) is 4.79 Å². The van der Waals surface area contributed by atoms with Gasteiger partial charge in [0.25, 0.3) is 5.56 Å². The monoisotopic (exact) mass is 380 g/mol. The molecule has 0 atom stereocenters. The average Bonchev–Trinajstić information content (AvgIpc) is 2.84. The Bertz CT molecular complexity index is 974. The summed E-state index contributed by atoms with van der Waals surface area (Å²) < 4.78 is 1.38. The molecule has 122 valence electrons. The number of hydrogen-bond donors (Lipinski definition) is 1. The van der Waals surface area contributed by atoms with Crippen LogP contribution in [0.3, 0.4) is 0 Å². The molecular formula is C16H11Cl3N4O. The van der Waals surface area contributed by atoms with Crippen LogP contribution in [0.4, 0.5) is 11.4 Å². The lowest BCUT2D eigenvalue weighted by molar-refractivity contribution is 0.835. The van der Waals surface area contributed by atoms with E-state index in [0.29, 0.717) is 32.1 Å². The molecule has 0 aliphatic heterocycles. The topological polar surface area (TPSA) is 62.5 Å². The molecular weight excluding hydrogens is 371 g/mol. The van der Waals surface area contributed by atoms with Gasteiger partial charge in [0.05, 0.1) is 27.1 Å². The van der Waals surface area contributed by atoms with Gasteiger partial charge in [0, 0.05) is 5.02 Å². The first-order valence-electron chi connectivity index (χ1n) is 6.90. The summed E-state index contributed by atoms with van der Waals surface area (Å²) in [5.74, 6) is 0. The number of nitrogens with zero attached hydrogens (tertiary/aromatic N) is 3. The molecule has 0 aliphatic carbocycles. The smallest absolute Gasteiger partial charge is 0.293 e. The zero-order chi connectivity index (χ0) is 17.3. The highest BCUT2D eigenvalue weighted by Gasteiger charge is 2.12. The van der Waals surface area contributed by atoms with Crippen LogP contribution in [0.5, 0.6) is 0 Å². The standard InChI is InChI=1S/C16H11Cl3N4O/c1-9-15(21-20-11-4-7-13(18)14(19)8-11)16(24)23(22-9)12-5-2-10(17)3-6-12/h2-8,22H,1H3. The molecule has 0 radical (unpaired) electrons. The Kier molecular flexibility index (Phi) is 4.76. The van der Waals surface area contributed by atoms with Gasteiger partial charge in [-0.05, 0) is 49.4 Å². The number of azo groups is 1. The largest absolute Gasteiger partial charge is 0.299 e. The molecule has 8 heteroatoms. The maximum absolute atomic E-state index is 12.5. The molecule has 0 amide bonds. The third kappa shape index (κ3) is 3.38.